The fraction of sp³-hybridized carbons (Fsp3) is 0.571. The quantitative estimate of drug-likeness (QED) is 0.792. The molecule has 1 aromatic carbocycles. The first-order valence-corrected chi connectivity index (χ1v) is 6.20. The summed E-state index contributed by atoms with van der Waals surface area (Å²) in [6, 6.07) is 6.34. The normalized spacial score (nSPS) is 12.5. The van der Waals surface area contributed by atoms with Gasteiger partial charge in [0.05, 0.1) is 13.7 Å². The Morgan fingerprint density at radius 3 is 2.65 bits per heavy atom. The topological polar surface area (TPSA) is 44.5 Å². The van der Waals surface area contributed by atoms with Crippen molar-refractivity contribution in [2.45, 2.75) is 39.3 Å². The van der Waals surface area contributed by atoms with E-state index in [0.717, 1.165) is 25.2 Å². The Labute approximate surface area is 104 Å². The largest absolute Gasteiger partial charge is 0.496 e. The Morgan fingerprint density at radius 1 is 1.29 bits per heavy atom. The van der Waals surface area contributed by atoms with Crippen molar-refractivity contribution in [3.05, 3.63) is 29.3 Å². The van der Waals surface area contributed by atoms with Crippen molar-refractivity contribution in [1.29, 1.82) is 0 Å². The number of rotatable bonds is 7. The van der Waals surface area contributed by atoms with Crippen LogP contribution in [0, 0.1) is 0 Å². The predicted molar refractivity (Wildman–Crippen MR) is 70.3 cm³/mol. The lowest BCUT2D eigenvalue weighted by atomic mass is 10.0. The second-order valence-corrected chi connectivity index (χ2v) is 4.16. The molecule has 0 bridgehead atoms. The third kappa shape index (κ3) is 4.36. The van der Waals surface area contributed by atoms with E-state index in [1.165, 1.54) is 11.1 Å². The molecule has 0 saturated heterocycles. The molecule has 1 rings (SSSR count). The first kappa shape index (κ1) is 14.0. The zero-order valence-electron chi connectivity index (χ0n) is 11.0. The summed E-state index contributed by atoms with van der Waals surface area (Å²) in [6.07, 6.45) is 1.82. The molecule has 0 saturated carbocycles. The fourth-order valence-corrected chi connectivity index (χ4v) is 1.73. The Hall–Kier alpha value is -1.06. The highest BCUT2D eigenvalue weighted by atomic mass is 16.5. The van der Waals surface area contributed by atoms with Crippen LogP contribution in [0.2, 0.25) is 0 Å². The van der Waals surface area contributed by atoms with Gasteiger partial charge in [-0.3, -0.25) is 0 Å². The molecule has 0 aliphatic rings. The number of hydrogen-bond donors (Lipinski definition) is 1. The van der Waals surface area contributed by atoms with Gasteiger partial charge < -0.3 is 15.2 Å². The number of nitrogens with two attached hydrogens (primary N) is 1. The van der Waals surface area contributed by atoms with E-state index < -0.39 is 0 Å². The Kier molecular flexibility index (Phi) is 6.01. The van der Waals surface area contributed by atoms with Crippen LogP contribution < -0.4 is 10.5 Å². The van der Waals surface area contributed by atoms with Gasteiger partial charge in [0.15, 0.2) is 0 Å². The predicted octanol–water partition coefficient (Wildman–Crippen LogP) is 2.51. The van der Waals surface area contributed by atoms with Crippen molar-refractivity contribution in [3.8, 4) is 5.75 Å². The van der Waals surface area contributed by atoms with Crippen LogP contribution in [-0.4, -0.2) is 19.8 Å². The first-order chi connectivity index (χ1) is 8.21. The zero-order valence-corrected chi connectivity index (χ0v) is 11.0. The minimum Gasteiger partial charge on any atom is -0.496 e. The molecule has 96 valence electrons. The van der Waals surface area contributed by atoms with E-state index in [2.05, 4.69) is 13.0 Å². The van der Waals surface area contributed by atoms with Gasteiger partial charge >= 0.3 is 0 Å². The van der Waals surface area contributed by atoms with Crippen molar-refractivity contribution in [2.75, 3.05) is 13.7 Å². The van der Waals surface area contributed by atoms with Gasteiger partial charge in [0.2, 0.25) is 0 Å². The Morgan fingerprint density at radius 2 is 2.06 bits per heavy atom. The van der Waals surface area contributed by atoms with Gasteiger partial charge in [0, 0.05) is 12.6 Å². The van der Waals surface area contributed by atoms with Gasteiger partial charge in [-0.1, -0.05) is 13.0 Å². The second-order valence-electron chi connectivity index (χ2n) is 4.16. The summed E-state index contributed by atoms with van der Waals surface area (Å²) in [5, 5.41) is 0. The highest BCUT2D eigenvalue weighted by Crippen LogP contribution is 2.22. The summed E-state index contributed by atoms with van der Waals surface area (Å²) in [4.78, 5) is 0. The van der Waals surface area contributed by atoms with Gasteiger partial charge in [-0.25, -0.2) is 0 Å². The van der Waals surface area contributed by atoms with Crippen LogP contribution in [0.5, 0.6) is 5.75 Å². The minimum absolute atomic E-state index is 0.186. The van der Waals surface area contributed by atoms with E-state index in [0.29, 0.717) is 6.61 Å². The standard InChI is InChI=1S/C14H23NO2/c1-4-13(15)9-12-8-11(10-17-5-2)6-7-14(12)16-3/h6-8,13H,4-5,9-10,15H2,1-3H3. The Balaban J connectivity index is 2.82. The maximum Gasteiger partial charge on any atom is 0.122 e. The van der Waals surface area contributed by atoms with Crippen molar-refractivity contribution in [2.24, 2.45) is 5.73 Å². The van der Waals surface area contributed by atoms with Crippen LogP contribution in [0.25, 0.3) is 0 Å². The molecular weight excluding hydrogens is 214 g/mol. The highest BCUT2D eigenvalue weighted by molar-refractivity contribution is 5.37. The molecule has 0 fully saturated rings. The average molecular weight is 237 g/mol. The second kappa shape index (κ2) is 7.30. The van der Waals surface area contributed by atoms with Crippen LogP contribution in [-0.2, 0) is 17.8 Å². The summed E-state index contributed by atoms with van der Waals surface area (Å²) < 4.78 is 10.8. The van der Waals surface area contributed by atoms with E-state index in [1.807, 2.05) is 19.1 Å². The van der Waals surface area contributed by atoms with Crippen molar-refractivity contribution >= 4 is 0 Å². The number of ether oxygens (including phenoxy) is 2. The third-order valence-corrected chi connectivity index (χ3v) is 2.82. The summed E-state index contributed by atoms with van der Waals surface area (Å²) in [5.41, 5.74) is 8.33. The Bertz CT molecular complexity index is 339. The molecular formula is C14H23NO2. The van der Waals surface area contributed by atoms with E-state index in [1.54, 1.807) is 7.11 Å². The number of benzene rings is 1. The van der Waals surface area contributed by atoms with E-state index in [-0.39, 0.29) is 6.04 Å². The molecule has 3 nitrogen and oxygen atoms in total. The molecule has 1 aromatic rings. The van der Waals surface area contributed by atoms with Gasteiger partial charge in [-0.15, -0.1) is 0 Å². The molecule has 0 aliphatic heterocycles. The lowest BCUT2D eigenvalue weighted by Gasteiger charge is -2.14. The number of methoxy groups -OCH3 is 1. The minimum atomic E-state index is 0.186. The van der Waals surface area contributed by atoms with Gasteiger partial charge in [0.1, 0.15) is 5.75 Å². The van der Waals surface area contributed by atoms with E-state index in [9.17, 15) is 0 Å². The van der Waals surface area contributed by atoms with Crippen LogP contribution in [0.1, 0.15) is 31.4 Å². The average Bonchev–Trinajstić information content (AvgIpc) is 2.36. The molecule has 0 heterocycles. The smallest absolute Gasteiger partial charge is 0.122 e. The summed E-state index contributed by atoms with van der Waals surface area (Å²) in [6.45, 7) is 5.48. The zero-order chi connectivity index (χ0) is 12.7. The molecule has 0 aromatic heterocycles. The van der Waals surface area contributed by atoms with Crippen molar-refractivity contribution in [1.82, 2.24) is 0 Å². The maximum atomic E-state index is 5.99. The molecule has 0 spiro atoms. The molecule has 17 heavy (non-hydrogen) atoms. The molecule has 0 radical (unpaired) electrons. The fourth-order valence-electron chi connectivity index (χ4n) is 1.73. The van der Waals surface area contributed by atoms with Gasteiger partial charge in [-0.2, -0.15) is 0 Å². The van der Waals surface area contributed by atoms with Crippen LogP contribution in [0.3, 0.4) is 0 Å². The van der Waals surface area contributed by atoms with Crippen molar-refractivity contribution < 1.29 is 9.47 Å². The van der Waals surface area contributed by atoms with E-state index in [4.69, 9.17) is 15.2 Å². The molecule has 0 aliphatic carbocycles. The SMILES string of the molecule is CCOCc1ccc(OC)c(CC(N)CC)c1. The lowest BCUT2D eigenvalue weighted by molar-refractivity contribution is 0.134. The molecule has 2 N–H and O–H groups in total. The number of hydrogen-bond acceptors (Lipinski definition) is 3. The monoisotopic (exact) mass is 237 g/mol. The summed E-state index contributed by atoms with van der Waals surface area (Å²) in [7, 11) is 1.69. The third-order valence-electron chi connectivity index (χ3n) is 2.82. The molecule has 0 amide bonds. The lowest BCUT2D eigenvalue weighted by Crippen LogP contribution is -2.21. The van der Waals surface area contributed by atoms with Crippen molar-refractivity contribution in [3.63, 3.8) is 0 Å². The van der Waals surface area contributed by atoms with E-state index >= 15 is 0 Å². The molecule has 1 unspecified atom stereocenters. The molecule has 1 atom stereocenters. The summed E-state index contributed by atoms with van der Waals surface area (Å²) in [5.74, 6) is 0.911. The van der Waals surface area contributed by atoms with Gasteiger partial charge in [0.25, 0.3) is 0 Å². The summed E-state index contributed by atoms with van der Waals surface area (Å²) >= 11 is 0. The maximum absolute atomic E-state index is 5.99. The van der Waals surface area contributed by atoms with Gasteiger partial charge in [-0.05, 0) is 43.0 Å². The van der Waals surface area contributed by atoms with Crippen LogP contribution >= 0.6 is 0 Å². The van der Waals surface area contributed by atoms with Crippen LogP contribution in [0.15, 0.2) is 18.2 Å². The highest BCUT2D eigenvalue weighted by Gasteiger charge is 2.08. The first-order valence-electron chi connectivity index (χ1n) is 6.20. The van der Waals surface area contributed by atoms with Crippen LogP contribution in [0.4, 0.5) is 0 Å². The molecule has 3 heteroatoms.